The van der Waals surface area contributed by atoms with E-state index in [1.807, 2.05) is 0 Å². The first kappa shape index (κ1) is 17.3. The Labute approximate surface area is 135 Å². The summed E-state index contributed by atoms with van der Waals surface area (Å²) in [4.78, 5) is 22.7. The van der Waals surface area contributed by atoms with Gasteiger partial charge in [-0.05, 0) is 38.0 Å². The Bertz CT molecular complexity index is 702. The Morgan fingerprint density at radius 2 is 2.13 bits per heavy atom. The molecule has 1 aromatic carbocycles. The molecule has 1 amide bonds. The van der Waals surface area contributed by atoms with Gasteiger partial charge in [-0.2, -0.15) is 0 Å². The summed E-state index contributed by atoms with van der Waals surface area (Å²) in [7, 11) is -3.29. The molecule has 8 heteroatoms. The fourth-order valence-electron chi connectivity index (χ4n) is 2.45. The maximum absolute atomic E-state index is 12.2. The lowest BCUT2D eigenvalue weighted by Crippen LogP contribution is -2.33. The van der Waals surface area contributed by atoms with Crippen molar-refractivity contribution in [2.24, 2.45) is 0 Å². The van der Waals surface area contributed by atoms with E-state index in [0.29, 0.717) is 30.6 Å². The van der Waals surface area contributed by atoms with E-state index in [1.165, 1.54) is 4.31 Å². The third-order valence-corrected chi connectivity index (χ3v) is 5.53. The van der Waals surface area contributed by atoms with Gasteiger partial charge in [0.25, 0.3) is 5.91 Å². The van der Waals surface area contributed by atoms with Gasteiger partial charge in [-0.1, -0.05) is 6.07 Å². The van der Waals surface area contributed by atoms with Crippen molar-refractivity contribution >= 4 is 27.6 Å². The topological polar surface area (TPSA) is 104 Å². The molecule has 0 aliphatic carbocycles. The molecule has 1 atom stereocenters. The minimum absolute atomic E-state index is 0.0203. The van der Waals surface area contributed by atoms with Crippen LogP contribution in [-0.4, -0.2) is 43.7 Å². The van der Waals surface area contributed by atoms with Crippen molar-refractivity contribution in [1.82, 2.24) is 5.32 Å². The van der Waals surface area contributed by atoms with Gasteiger partial charge in [-0.15, -0.1) is 0 Å². The maximum Gasteiger partial charge on any atom is 0.303 e. The standard InChI is InChI=1S/C15H20N2O5S/c1-11(6-7-14(18)19)16-15(20)12-4-2-5-13(10-12)17-8-3-9-23(17,21)22/h2,4-5,10-11H,3,6-9H2,1H3,(H,16,20)(H,18,19). The second-order valence-electron chi connectivity index (χ2n) is 5.60. The van der Waals surface area contributed by atoms with E-state index >= 15 is 0 Å². The number of rotatable bonds is 6. The number of anilines is 1. The zero-order chi connectivity index (χ0) is 17.0. The van der Waals surface area contributed by atoms with Gasteiger partial charge in [0.15, 0.2) is 0 Å². The largest absolute Gasteiger partial charge is 0.481 e. The number of hydrogen-bond acceptors (Lipinski definition) is 4. The van der Waals surface area contributed by atoms with Crippen molar-refractivity contribution < 1.29 is 23.1 Å². The van der Waals surface area contributed by atoms with Crippen LogP contribution in [0.1, 0.15) is 36.5 Å². The van der Waals surface area contributed by atoms with E-state index in [0.717, 1.165) is 0 Å². The minimum Gasteiger partial charge on any atom is -0.481 e. The van der Waals surface area contributed by atoms with Gasteiger partial charge in [-0.3, -0.25) is 13.9 Å². The Balaban J connectivity index is 2.07. The lowest BCUT2D eigenvalue weighted by atomic mass is 10.1. The quantitative estimate of drug-likeness (QED) is 0.810. The molecule has 1 unspecified atom stereocenters. The van der Waals surface area contributed by atoms with Gasteiger partial charge in [0, 0.05) is 24.6 Å². The molecule has 126 valence electrons. The van der Waals surface area contributed by atoms with Crippen molar-refractivity contribution in [1.29, 1.82) is 0 Å². The zero-order valence-corrected chi connectivity index (χ0v) is 13.7. The van der Waals surface area contributed by atoms with Crippen LogP contribution in [-0.2, 0) is 14.8 Å². The summed E-state index contributed by atoms with van der Waals surface area (Å²) in [5.74, 6) is -1.14. The molecule has 0 aromatic heterocycles. The second-order valence-corrected chi connectivity index (χ2v) is 7.61. The van der Waals surface area contributed by atoms with Crippen LogP contribution in [0.5, 0.6) is 0 Å². The first-order valence-corrected chi connectivity index (χ1v) is 9.03. The third kappa shape index (κ3) is 4.44. The Morgan fingerprint density at radius 1 is 1.39 bits per heavy atom. The summed E-state index contributed by atoms with van der Waals surface area (Å²) >= 11 is 0. The molecule has 0 spiro atoms. The maximum atomic E-state index is 12.2. The highest BCUT2D eigenvalue weighted by atomic mass is 32.2. The Morgan fingerprint density at radius 3 is 2.74 bits per heavy atom. The monoisotopic (exact) mass is 340 g/mol. The Hall–Kier alpha value is -2.09. The molecule has 7 nitrogen and oxygen atoms in total. The summed E-state index contributed by atoms with van der Waals surface area (Å²) in [6, 6.07) is 6.17. The minimum atomic E-state index is -3.29. The van der Waals surface area contributed by atoms with Gasteiger partial charge in [-0.25, -0.2) is 8.42 Å². The van der Waals surface area contributed by atoms with E-state index in [4.69, 9.17) is 5.11 Å². The number of nitrogens with zero attached hydrogens (tertiary/aromatic N) is 1. The number of carboxylic acids is 1. The predicted octanol–water partition coefficient (Wildman–Crippen LogP) is 1.21. The van der Waals surface area contributed by atoms with Crippen LogP contribution in [0.15, 0.2) is 24.3 Å². The average Bonchev–Trinajstić information content (AvgIpc) is 2.84. The van der Waals surface area contributed by atoms with E-state index in [-0.39, 0.29) is 24.1 Å². The highest BCUT2D eigenvalue weighted by Crippen LogP contribution is 2.24. The summed E-state index contributed by atoms with van der Waals surface area (Å²) in [5, 5.41) is 11.4. The number of nitrogens with one attached hydrogen (secondary N) is 1. The normalized spacial score (nSPS) is 17.7. The lowest BCUT2D eigenvalue weighted by molar-refractivity contribution is -0.137. The van der Waals surface area contributed by atoms with E-state index < -0.39 is 16.0 Å². The van der Waals surface area contributed by atoms with Gasteiger partial charge < -0.3 is 10.4 Å². The molecule has 1 fully saturated rings. The average molecular weight is 340 g/mol. The fourth-order valence-corrected chi connectivity index (χ4v) is 4.01. The number of hydrogen-bond donors (Lipinski definition) is 2. The molecule has 1 heterocycles. The van der Waals surface area contributed by atoms with Gasteiger partial charge >= 0.3 is 5.97 Å². The SMILES string of the molecule is CC(CCC(=O)O)NC(=O)c1cccc(N2CCCS2(=O)=O)c1. The molecular weight excluding hydrogens is 320 g/mol. The highest BCUT2D eigenvalue weighted by molar-refractivity contribution is 7.93. The first-order valence-electron chi connectivity index (χ1n) is 7.43. The van der Waals surface area contributed by atoms with E-state index in [9.17, 15) is 18.0 Å². The molecule has 0 saturated carbocycles. The predicted molar refractivity (Wildman–Crippen MR) is 86.0 cm³/mol. The lowest BCUT2D eigenvalue weighted by Gasteiger charge is -2.18. The smallest absolute Gasteiger partial charge is 0.303 e. The molecule has 2 rings (SSSR count). The van der Waals surface area contributed by atoms with Gasteiger partial charge in [0.1, 0.15) is 0 Å². The van der Waals surface area contributed by atoms with Crippen molar-refractivity contribution in [3.05, 3.63) is 29.8 Å². The number of sulfonamides is 1. The second kappa shape index (κ2) is 6.99. The fraction of sp³-hybridized carbons (Fsp3) is 0.467. The van der Waals surface area contributed by atoms with Crippen molar-refractivity contribution in [2.75, 3.05) is 16.6 Å². The van der Waals surface area contributed by atoms with E-state index in [1.54, 1.807) is 31.2 Å². The zero-order valence-electron chi connectivity index (χ0n) is 12.9. The number of benzene rings is 1. The molecule has 1 aliphatic heterocycles. The molecule has 0 radical (unpaired) electrons. The number of carboxylic acid groups (broad SMARTS) is 1. The summed E-state index contributed by atoms with van der Waals surface area (Å²) < 4.78 is 25.2. The summed E-state index contributed by atoms with van der Waals surface area (Å²) in [5.41, 5.74) is 0.833. The van der Waals surface area contributed by atoms with Crippen molar-refractivity contribution in [2.45, 2.75) is 32.2 Å². The Kier molecular flexibility index (Phi) is 5.25. The summed E-state index contributed by atoms with van der Waals surface area (Å²) in [6.45, 7) is 2.15. The van der Waals surface area contributed by atoms with E-state index in [2.05, 4.69) is 5.32 Å². The molecule has 1 saturated heterocycles. The summed E-state index contributed by atoms with van der Waals surface area (Å²) in [6.07, 6.45) is 0.889. The van der Waals surface area contributed by atoms with Crippen molar-refractivity contribution in [3.8, 4) is 0 Å². The van der Waals surface area contributed by atoms with Crippen LogP contribution >= 0.6 is 0 Å². The van der Waals surface area contributed by atoms with Gasteiger partial charge in [0.2, 0.25) is 10.0 Å². The number of amides is 1. The van der Waals surface area contributed by atoms with Crippen LogP contribution in [0.3, 0.4) is 0 Å². The number of aliphatic carboxylic acids is 1. The van der Waals surface area contributed by atoms with Crippen LogP contribution in [0.2, 0.25) is 0 Å². The molecular formula is C15H20N2O5S. The molecule has 0 bridgehead atoms. The number of carbonyl (C=O) groups excluding carboxylic acids is 1. The molecule has 1 aromatic rings. The highest BCUT2D eigenvalue weighted by Gasteiger charge is 2.28. The van der Waals surface area contributed by atoms with Gasteiger partial charge in [0.05, 0.1) is 11.4 Å². The first-order chi connectivity index (χ1) is 10.8. The third-order valence-electron chi connectivity index (χ3n) is 3.66. The van der Waals surface area contributed by atoms with Crippen LogP contribution in [0.25, 0.3) is 0 Å². The molecule has 23 heavy (non-hydrogen) atoms. The van der Waals surface area contributed by atoms with Crippen molar-refractivity contribution in [3.63, 3.8) is 0 Å². The van der Waals surface area contributed by atoms with Crippen LogP contribution in [0.4, 0.5) is 5.69 Å². The number of carbonyl (C=O) groups is 2. The van der Waals surface area contributed by atoms with Crippen LogP contribution in [0, 0.1) is 0 Å². The molecule has 1 aliphatic rings. The van der Waals surface area contributed by atoms with Crippen LogP contribution < -0.4 is 9.62 Å². The molecule has 2 N–H and O–H groups in total.